The van der Waals surface area contributed by atoms with Crippen molar-refractivity contribution in [1.29, 1.82) is 0 Å². The van der Waals surface area contributed by atoms with Crippen LogP contribution in [0.1, 0.15) is 0 Å². The number of hydrogen-bond acceptors (Lipinski definition) is 2. The van der Waals surface area contributed by atoms with Gasteiger partial charge in [-0.1, -0.05) is 152 Å². The molecule has 4 heterocycles. The van der Waals surface area contributed by atoms with Crippen LogP contribution in [0.2, 0.25) is 0 Å². The molecule has 14 rings (SSSR count). The normalized spacial score (nSPS) is 12.1. The molecule has 0 unspecified atom stereocenters. The lowest BCUT2D eigenvalue weighted by atomic mass is 10.0. The lowest BCUT2D eigenvalue weighted by Crippen LogP contribution is -2.04. The maximum absolute atomic E-state index is 5.70. The molecule has 5 nitrogen and oxygen atoms in total. The Morgan fingerprint density at radius 1 is 0.286 bits per heavy atom. The van der Waals surface area contributed by atoms with Gasteiger partial charge < -0.3 is 9.13 Å². The minimum atomic E-state index is 0.633. The molecule has 0 saturated carbocycles. The summed E-state index contributed by atoms with van der Waals surface area (Å²) in [6.07, 6.45) is 0. The van der Waals surface area contributed by atoms with Crippen molar-refractivity contribution in [3.8, 4) is 28.6 Å². The van der Waals surface area contributed by atoms with Gasteiger partial charge in [0.25, 0.3) is 0 Å². The van der Waals surface area contributed by atoms with Gasteiger partial charge in [-0.05, 0) is 82.2 Å². The number of aromatic nitrogens is 5. The van der Waals surface area contributed by atoms with E-state index in [1.807, 2.05) is 0 Å². The van der Waals surface area contributed by atoms with Crippen LogP contribution in [0.5, 0.6) is 0 Å². The Labute approximate surface area is 360 Å². The minimum absolute atomic E-state index is 0.633. The Bertz CT molecular complexity index is 4210. The van der Waals surface area contributed by atoms with E-state index < -0.39 is 0 Å². The molecular weight excluding hydrogens is 767 g/mol. The van der Waals surface area contributed by atoms with E-state index in [1.54, 1.807) is 0 Å². The number of para-hydroxylation sites is 4. The second-order valence-electron chi connectivity index (χ2n) is 16.5. The maximum atomic E-state index is 5.70. The molecule has 63 heavy (non-hydrogen) atoms. The summed E-state index contributed by atoms with van der Waals surface area (Å²) in [5.41, 5.74) is 11.8. The second kappa shape index (κ2) is 13.0. The fourth-order valence-corrected chi connectivity index (χ4v) is 10.6. The van der Waals surface area contributed by atoms with Crippen LogP contribution in [0.4, 0.5) is 0 Å². The summed E-state index contributed by atoms with van der Waals surface area (Å²) in [4.78, 5) is 11.1. The highest BCUT2D eigenvalue weighted by Crippen LogP contribution is 2.43. The van der Waals surface area contributed by atoms with Gasteiger partial charge in [-0.25, -0.2) is 9.97 Å². The van der Waals surface area contributed by atoms with E-state index in [0.29, 0.717) is 5.95 Å². The Kier molecular flexibility index (Phi) is 7.05. The van der Waals surface area contributed by atoms with E-state index in [2.05, 4.69) is 226 Å². The minimum Gasteiger partial charge on any atom is -0.309 e. The van der Waals surface area contributed by atoms with Crippen LogP contribution in [-0.2, 0) is 0 Å². The molecule has 4 aromatic heterocycles. The Hall–Kier alpha value is -8.54. The van der Waals surface area contributed by atoms with E-state index in [9.17, 15) is 0 Å². The summed E-state index contributed by atoms with van der Waals surface area (Å²) in [7, 11) is 0. The van der Waals surface area contributed by atoms with Crippen molar-refractivity contribution < 1.29 is 0 Å². The number of fused-ring (bicyclic) bond motifs is 14. The Balaban J connectivity index is 1.09. The molecule has 14 aromatic rings. The molecular formula is C58H35N5. The summed E-state index contributed by atoms with van der Waals surface area (Å²) < 4.78 is 7.09. The molecule has 0 saturated heterocycles. The van der Waals surface area contributed by atoms with Gasteiger partial charge in [0.2, 0.25) is 5.95 Å². The predicted molar refractivity (Wildman–Crippen MR) is 263 cm³/mol. The monoisotopic (exact) mass is 801 g/mol. The zero-order valence-electron chi connectivity index (χ0n) is 33.9. The third kappa shape index (κ3) is 4.82. The van der Waals surface area contributed by atoms with Crippen molar-refractivity contribution in [2.45, 2.75) is 0 Å². The van der Waals surface area contributed by atoms with Crippen molar-refractivity contribution in [2.75, 3.05) is 0 Å². The van der Waals surface area contributed by atoms with Crippen LogP contribution in [0.25, 0.3) is 126 Å². The maximum Gasteiger partial charge on any atom is 0.235 e. The van der Waals surface area contributed by atoms with Crippen LogP contribution >= 0.6 is 0 Å². The molecule has 0 spiro atoms. The summed E-state index contributed by atoms with van der Waals surface area (Å²) in [5, 5.41) is 13.1. The first-order valence-corrected chi connectivity index (χ1v) is 21.5. The predicted octanol–water partition coefficient (Wildman–Crippen LogP) is 14.9. The van der Waals surface area contributed by atoms with E-state index >= 15 is 0 Å². The van der Waals surface area contributed by atoms with E-state index in [1.165, 1.54) is 59.5 Å². The molecule has 0 amide bonds. The van der Waals surface area contributed by atoms with E-state index in [4.69, 9.17) is 9.97 Å². The summed E-state index contributed by atoms with van der Waals surface area (Å²) in [5.74, 6) is 0.633. The van der Waals surface area contributed by atoms with Crippen molar-refractivity contribution in [3.63, 3.8) is 0 Å². The van der Waals surface area contributed by atoms with Crippen molar-refractivity contribution >= 4 is 97.9 Å². The van der Waals surface area contributed by atoms with Gasteiger partial charge in [-0.15, -0.1) is 0 Å². The van der Waals surface area contributed by atoms with Crippen LogP contribution in [0.15, 0.2) is 212 Å². The number of hydrogen-bond donors (Lipinski definition) is 0. The molecule has 0 radical (unpaired) electrons. The molecule has 292 valence electrons. The first-order valence-electron chi connectivity index (χ1n) is 21.5. The lowest BCUT2D eigenvalue weighted by Gasteiger charge is -2.14. The van der Waals surface area contributed by atoms with Crippen molar-refractivity contribution in [1.82, 2.24) is 23.7 Å². The van der Waals surface area contributed by atoms with Gasteiger partial charge in [-0.3, -0.25) is 4.57 Å². The first-order chi connectivity index (χ1) is 31.3. The zero-order valence-corrected chi connectivity index (χ0v) is 33.9. The third-order valence-electron chi connectivity index (χ3n) is 13.2. The molecule has 10 aromatic carbocycles. The third-order valence-corrected chi connectivity index (χ3v) is 13.2. The molecule has 0 aliphatic heterocycles. The van der Waals surface area contributed by atoms with Gasteiger partial charge in [0.1, 0.15) is 0 Å². The average molecular weight is 802 g/mol. The summed E-state index contributed by atoms with van der Waals surface area (Å²) in [6.45, 7) is 0. The molecule has 0 aliphatic rings. The number of rotatable bonds is 4. The SMILES string of the molecule is c1ccc(-n2c3ccccc3c3c(-c4nc(-n5c6cc(-n7c8ccccc8c8c9ccccc9ccc87)ccc6c6c7ccccc7ccc65)nc5ccccc45)cccc32)cc1. The summed E-state index contributed by atoms with van der Waals surface area (Å²) >= 11 is 0. The fraction of sp³-hybridized carbons (Fsp3) is 0. The van der Waals surface area contributed by atoms with Gasteiger partial charge in [0.05, 0.1) is 44.3 Å². The Morgan fingerprint density at radius 3 is 1.52 bits per heavy atom. The van der Waals surface area contributed by atoms with Crippen LogP contribution in [0, 0.1) is 0 Å². The van der Waals surface area contributed by atoms with E-state index in [0.717, 1.165) is 61.0 Å². The second-order valence-corrected chi connectivity index (χ2v) is 16.5. The Morgan fingerprint density at radius 2 is 0.810 bits per heavy atom. The lowest BCUT2D eigenvalue weighted by molar-refractivity contribution is 1.01. The standard InChI is InChI=1S/C58H35N5/c1-2-17-38(18-3-1)61-48-26-12-10-23-44(48)56-46(24-14-28-50(56)61)57-42-21-8-11-25-47(42)59-58(60-57)63-52-34-30-37-16-5-7-20-41(37)55(52)45-32-31-39(35-53(45)63)62-49-27-13-9-22-43(49)54-40-19-6-4-15-36(40)29-33-51(54)62/h1-35H. The zero-order chi connectivity index (χ0) is 41.2. The average Bonchev–Trinajstić information content (AvgIpc) is 4.00. The first kappa shape index (κ1) is 34.2. The highest BCUT2D eigenvalue weighted by atomic mass is 15.2. The van der Waals surface area contributed by atoms with Gasteiger partial charge in [0, 0.05) is 54.6 Å². The molecule has 0 aliphatic carbocycles. The van der Waals surface area contributed by atoms with E-state index in [-0.39, 0.29) is 0 Å². The van der Waals surface area contributed by atoms with Crippen LogP contribution in [0.3, 0.4) is 0 Å². The summed E-state index contributed by atoms with van der Waals surface area (Å²) in [6, 6.07) is 76.6. The highest BCUT2D eigenvalue weighted by Gasteiger charge is 2.23. The van der Waals surface area contributed by atoms with Gasteiger partial charge in [0.15, 0.2) is 0 Å². The van der Waals surface area contributed by atoms with Crippen LogP contribution in [-0.4, -0.2) is 23.7 Å². The quantitative estimate of drug-likeness (QED) is 0.178. The number of nitrogens with zero attached hydrogens (tertiary/aromatic N) is 5. The van der Waals surface area contributed by atoms with Crippen molar-refractivity contribution in [3.05, 3.63) is 212 Å². The van der Waals surface area contributed by atoms with Crippen molar-refractivity contribution in [2.24, 2.45) is 0 Å². The molecule has 0 fully saturated rings. The van der Waals surface area contributed by atoms with Gasteiger partial charge in [-0.2, -0.15) is 0 Å². The molecule has 0 N–H and O–H groups in total. The smallest absolute Gasteiger partial charge is 0.235 e. The van der Waals surface area contributed by atoms with Gasteiger partial charge >= 0.3 is 0 Å². The highest BCUT2D eigenvalue weighted by molar-refractivity contribution is 6.24. The number of benzene rings is 10. The molecule has 5 heteroatoms. The largest absolute Gasteiger partial charge is 0.309 e. The van der Waals surface area contributed by atoms with Crippen LogP contribution < -0.4 is 0 Å². The fourth-order valence-electron chi connectivity index (χ4n) is 10.6. The molecule has 0 atom stereocenters. The molecule has 0 bridgehead atoms. The topological polar surface area (TPSA) is 40.6 Å².